The first kappa shape index (κ1) is 14.9. The van der Waals surface area contributed by atoms with E-state index in [0.717, 1.165) is 36.0 Å². The fourth-order valence-electron chi connectivity index (χ4n) is 2.50. The molecule has 1 atom stereocenters. The van der Waals surface area contributed by atoms with E-state index in [0.29, 0.717) is 11.8 Å². The summed E-state index contributed by atoms with van der Waals surface area (Å²) in [5, 5.41) is 1.40. The molecule has 4 nitrogen and oxygen atoms in total. The summed E-state index contributed by atoms with van der Waals surface area (Å²) in [5.41, 5.74) is 1.15. The Morgan fingerprint density at radius 2 is 2.05 bits per heavy atom. The average molecular weight is 326 g/mol. The van der Waals surface area contributed by atoms with Crippen molar-refractivity contribution in [3.63, 3.8) is 0 Å². The summed E-state index contributed by atoms with van der Waals surface area (Å²) in [5.74, 6) is 0.969. The van der Waals surface area contributed by atoms with Crippen LogP contribution in [0.15, 0.2) is 30.5 Å². The molecule has 0 radical (unpaired) electrons. The molecule has 1 fully saturated rings. The van der Waals surface area contributed by atoms with Crippen LogP contribution in [0.3, 0.4) is 0 Å². The van der Waals surface area contributed by atoms with Gasteiger partial charge in [-0.15, -0.1) is 0 Å². The summed E-state index contributed by atoms with van der Waals surface area (Å²) in [6, 6.07) is 7.84. The van der Waals surface area contributed by atoms with Crippen LogP contribution in [0.25, 0.3) is 0 Å². The van der Waals surface area contributed by atoms with E-state index in [-0.39, 0.29) is 6.10 Å². The van der Waals surface area contributed by atoms with Crippen molar-refractivity contribution in [2.75, 3.05) is 19.7 Å². The molecule has 0 aliphatic carbocycles. The van der Waals surface area contributed by atoms with Crippen LogP contribution in [0, 0.1) is 0 Å². The number of benzene rings is 1. The second-order valence-corrected chi connectivity index (χ2v) is 6.03. The molecule has 2 heterocycles. The largest absolute Gasteiger partial charge is 0.371 e. The van der Waals surface area contributed by atoms with Gasteiger partial charge in [-0.05, 0) is 17.7 Å². The van der Waals surface area contributed by atoms with Gasteiger partial charge in [0.25, 0.3) is 0 Å². The fraction of sp³-hybridized carbons (Fsp3) is 0.400. The second-order valence-electron chi connectivity index (χ2n) is 5.20. The highest BCUT2D eigenvalue weighted by Gasteiger charge is 2.23. The number of ether oxygens (including phenoxy) is 1. The number of hydrogen-bond acceptors (Lipinski definition) is 3. The summed E-state index contributed by atoms with van der Waals surface area (Å²) >= 11 is 12.0. The van der Waals surface area contributed by atoms with Gasteiger partial charge in [-0.3, -0.25) is 4.90 Å². The Kier molecular flexibility index (Phi) is 4.50. The van der Waals surface area contributed by atoms with Crippen LogP contribution in [0.2, 0.25) is 10.2 Å². The molecule has 0 unspecified atom stereocenters. The van der Waals surface area contributed by atoms with Crippen LogP contribution in [0.5, 0.6) is 0 Å². The van der Waals surface area contributed by atoms with Crippen molar-refractivity contribution in [2.45, 2.75) is 12.6 Å². The molecule has 112 valence electrons. The monoisotopic (exact) mass is 325 g/mol. The number of nitrogens with zero attached hydrogens (tertiary/aromatic N) is 3. The van der Waals surface area contributed by atoms with Gasteiger partial charge in [0, 0.05) is 25.2 Å². The Hall–Kier alpha value is -1.07. The van der Waals surface area contributed by atoms with Gasteiger partial charge < -0.3 is 9.30 Å². The van der Waals surface area contributed by atoms with E-state index in [4.69, 9.17) is 27.9 Å². The normalized spacial score (nSPS) is 19.9. The van der Waals surface area contributed by atoms with E-state index in [1.54, 1.807) is 6.20 Å². The minimum absolute atomic E-state index is 0.0757. The molecule has 1 saturated heterocycles. The number of morpholine rings is 1. The SMILES string of the molecule is Cn1c(Cl)cnc1CN1CCO[C@@H](c2ccc(Cl)cc2)C1. The molecule has 1 aromatic carbocycles. The predicted molar refractivity (Wildman–Crippen MR) is 83.6 cm³/mol. The van der Waals surface area contributed by atoms with Gasteiger partial charge in [0.1, 0.15) is 11.0 Å². The Morgan fingerprint density at radius 3 is 2.71 bits per heavy atom. The van der Waals surface area contributed by atoms with Crippen LogP contribution in [-0.2, 0) is 18.3 Å². The maximum absolute atomic E-state index is 6.03. The maximum Gasteiger partial charge on any atom is 0.128 e. The topological polar surface area (TPSA) is 30.3 Å². The van der Waals surface area contributed by atoms with Crippen LogP contribution in [0.1, 0.15) is 17.5 Å². The van der Waals surface area contributed by atoms with Crippen molar-refractivity contribution in [1.29, 1.82) is 0 Å². The van der Waals surface area contributed by atoms with E-state index in [9.17, 15) is 0 Å². The van der Waals surface area contributed by atoms with E-state index >= 15 is 0 Å². The summed E-state index contributed by atoms with van der Waals surface area (Å²) in [4.78, 5) is 6.68. The lowest BCUT2D eigenvalue weighted by molar-refractivity contribution is -0.0338. The highest BCUT2D eigenvalue weighted by atomic mass is 35.5. The predicted octanol–water partition coefficient (Wildman–Crippen LogP) is 3.30. The van der Waals surface area contributed by atoms with Crippen molar-refractivity contribution in [3.05, 3.63) is 52.0 Å². The maximum atomic E-state index is 6.03. The molecular formula is C15H17Cl2N3O. The molecule has 3 rings (SSSR count). The zero-order chi connectivity index (χ0) is 14.8. The third-order valence-corrected chi connectivity index (χ3v) is 4.39. The minimum atomic E-state index is 0.0757. The molecule has 0 saturated carbocycles. The van der Waals surface area contributed by atoms with E-state index in [1.165, 1.54) is 0 Å². The highest BCUT2D eigenvalue weighted by Crippen LogP contribution is 2.24. The molecular weight excluding hydrogens is 309 g/mol. The first-order chi connectivity index (χ1) is 10.1. The minimum Gasteiger partial charge on any atom is -0.371 e. The summed E-state index contributed by atoms with van der Waals surface area (Å²) in [7, 11) is 1.93. The lowest BCUT2D eigenvalue weighted by atomic mass is 10.1. The van der Waals surface area contributed by atoms with E-state index in [2.05, 4.69) is 9.88 Å². The van der Waals surface area contributed by atoms with E-state index in [1.807, 2.05) is 35.9 Å². The molecule has 0 N–H and O–H groups in total. The Morgan fingerprint density at radius 1 is 1.29 bits per heavy atom. The van der Waals surface area contributed by atoms with Gasteiger partial charge in [-0.1, -0.05) is 35.3 Å². The van der Waals surface area contributed by atoms with Crippen molar-refractivity contribution in [2.24, 2.45) is 7.05 Å². The van der Waals surface area contributed by atoms with Crippen LogP contribution in [0.4, 0.5) is 0 Å². The molecule has 21 heavy (non-hydrogen) atoms. The molecule has 0 bridgehead atoms. The van der Waals surface area contributed by atoms with Crippen molar-refractivity contribution in [1.82, 2.24) is 14.5 Å². The molecule has 0 amide bonds. The van der Waals surface area contributed by atoms with Crippen molar-refractivity contribution >= 4 is 23.2 Å². The Balaban J connectivity index is 1.68. The lowest BCUT2D eigenvalue weighted by Crippen LogP contribution is -2.38. The molecule has 2 aromatic rings. The van der Waals surface area contributed by atoms with Gasteiger partial charge in [0.2, 0.25) is 0 Å². The quantitative estimate of drug-likeness (QED) is 0.867. The third kappa shape index (κ3) is 3.40. The Bertz CT molecular complexity index is 612. The number of hydrogen-bond donors (Lipinski definition) is 0. The number of halogens is 2. The lowest BCUT2D eigenvalue weighted by Gasteiger charge is -2.32. The Labute approximate surface area is 134 Å². The van der Waals surface area contributed by atoms with Crippen molar-refractivity contribution < 1.29 is 4.74 Å². The zero-order valence-electron chi connectivity index (χ0n) is 11.8. The fourth-order valence-corrected chi connectivity index (χ4v) is 2.77. The third-order valence-electron chi connectivity index (χ3n) is 3.79. The van der Waals surface area contributed by atoms with Crippen LogP contribution >= 0.6 is 23.2 Å². The molecule has 0 spiro atoms. The van der Waals surface area contributed by atoms with Gasteiger partial charge in [-0.2, -0.15) is 0 Å². The summed E-state index contributed by atoms with van der Waals surface area (Å²) in [6.07, 6.45) is 1.76. The summed E-state index contributed by atoms with van der Waals surface area (Å²) in [6.45, 7) is 3.22. The van der Waals surface area contributed by atoms with Gasteiger partial charge >= 0.3 is 0 Å². The average Bonchev–Trinajstić information content (AvgIpc) is 2.80. The summed E-state index contributed by atoms with van der Waals surface area (Å²) < 4.78 is 7.78. The number of aromatic nitrogens is 2. The molecule has 6 heteroatoms. The van der Waals surface area contributed by atoms with E-state index < -0.39 is 0 Å². The second kappa shape index (κ2) is 6.36. The van der Waals surface area contributed by atoms with Crippen LogP contribution < -0.4 is 0 Å². The molecule has 1 aliphatic rings. The van der Waals surface area contributed by atoms with Crippen LogP contribution in [-0.4, -0.2) is 34.1 Å². The first-order valence-corrected chi connectivity index (χ1v) is 7.64. The molecule has 1 aliphatic heterocycles. The highest BCUT2D eigenvalue weighted by molar-refractivity contribution is 6.30. The molecule has 1 aromatic heterocycles. The number of imidazole rings is 1. The zero-order valence-corrected chi connectivity index (χ0v) is 13.3. The number of rotatable bonds is 3. The van der Waals surface area contributed by atoms with Gasteiger partial charge in [-0.25, -0.2) is 4.98 Å². The first-order valence-electron chi connectivity index (χ1n) is 6.89. The standard InChI is InChI=1S/C15H17Cl2N3O/c1-19-14(17)8-18-15(19)10-20-6-7-21-13(9-20)11-2-4-12(16)5-3-11/h2-5,8,13H,6-7,9-10H2,1H3/t13-/m1/s1. The van der Waals surface area contributed by atoms with Gasteiger partial charge in [0.05, 0.1) is 25.5 Å². The van der Waals surface area contributed by atoms with Crippen molar-refractivity contribution in [3.8, 4) is 0 Å². The smallest absolute Gasteiger partial charge is 0.128 e. The van der Waals surface area contributed by atoms with Gasteiger partial charge in [0.15, 0.2) is 0 Å².